The number of piperazine rings is 1. The normalized spacial score (nSPS) is 23.1. The zero-order chi connectivity index (χ0) is 33.7. The Labute approximate surface area is 274 Å². The number of phenols is 2. The van der Waals surface area contributed by atoms with Crippen molar-refractivity contribution >= 4 is 11.7 Å². The van der Waals surface area contributed by atoms with Gasteiger partial charge in [-0.2, -0.15) is 5.26 Å². The highest BCUT2D eigenvalue weighted by atomic mass is 16.5. The van der Waals surface area contributed by atoms with Crippen LogP contribution in [0.25, 0.3) is 0 Å². The number of aliphatic hydroxyl groups excluding tert-OH is 1. The summed E-state index contributed by atoms with van der Waals surface area (Å²) in [4.78, 5) is 17.4. The molecule has 3 aromatic carbocycles. The van der Waals surface area contributed by atoms with Crippen molar-refractivity contribution in [3.05, 3.63) is 69.3 Å². The number of anilines is 1. The van der Waals surface area contributed by atoms with E-state index in [1.165, 1.54) is 7.11 Å². The number of carbonyl (C=O) groups excluding carboxylic acids is 1. The summed E-state index contributed by atoms with van der Waals surface area (Å²) in [7, 11) is 6.62. The van der Waals surface area contributed by atoms with Gasteiger partial charge in [0, 0.05) is 63.3 Å². The van der Waals surface area contributed by atoms with Crippen molar-refractivity contribution < 1.29 is 34.3 Å². The predicted octanol–water partition coefficient (Wildman–Crippen LogP) is 3.83. The highest BCUT2D eigenvalue weighted by Gasteiger charge is 2.57. The first kappa shape index (κ1) is 32.2. The van der Waals surface area contributed by atoms with Gasteiger partial charge in [0.05, 0.1) is 46.1 Å². The van der Waals surface area contributed by atoms with Crippen molar-refractivity contribution in [2.75, 3.05) is 40.2 Å². The molecule has 47 heavy (non-hydrogen) atoms. The minimum Gasteiger partial charge on any atom is -0.507 e. The van der Waals surface area contributed by atoms with Crippen LogP contribution in [0.3, 0.4) is 0 Å². The molecule has 1 fully saturated rings. The number of likely N-dealkylation sites (N-methyl/N-ethyl adjacent to an activating group) is 1. The fourth-order valence-electron chi connectivity index (χ4n) is 8.32. The van der Waals surface area contributed by atoms with Crippen LogP contribution in [0.5, 0.6) is 28.7 Å². The zero-order valence-electron chi connectivity index (χ0n) is 27.4. The quantitative estimate of drug-likeness (QED) is 0.256. The molecule has 12 nitrogen and oxygen atoms in total. The highest BCUT2D eigenvalue weighted by molar-refractivity contribution is 5.89. The standard InChI is InChI=1S/C35H41N5O7/c1-17-22(16-41)30(42)27-20(32(17)45-4)13-24-29-28-21(33(46-5)18(2)34(47-6)31(28)43)12-23(39(29)3)25(14-36)40(24)26(27)15-37-35(44)38-19-10-8-7-9-11-19/h7-11,23-26,29,41-43H,12-13,15-16H2,1-6H3,(H2,37,38,44)/t23-,24-,25-,26-,29-/m0/s1. The first-order valence-corrected chi connectivity index (χ1v) is 15.6. The molecule has 5 N–H and O–H groups in total. The summed E-state index contributed by atoms with van der Waals surface area (Å²) in [6.45, 7) is 3.25. The summed E-state index contributed by atoms with van der Waals surface area (Å²) in [5, 5.41) is 50.5. The van der Waals surface area contributed by atoms with Gasteiger partial charge in [-0.25, -0.2) is 4.79 Å². The van der Waals surface area contributed by atoms with Crippen LogP contribution in [-0.2, 0) is 19.4 Å². The van der Waals surface area contributed by atoms with E-state index in [9.17, 15) is 25.4 Å². The lowest BCUT2D eigenvalue weighted by molar-refractivity contribution is -0.0723. The zero-order valence-corrected chi connectivity index (χ0v) is 27.4. The number of para-hydroxylation sites is 1. The van der Waals surface area contributed by atoms with Gasteiger partial charge < -0.3 is 40.2 Å². The largest absolute Gasteiger partial charge is 0.507 e. The van der Waals surface area contributed by atoms with E-state index in [0.29, 0.717) is 63.6 Å². The second kappa shape index (κ2) is 12.5. The number of hydrogen-bond acceptors (Lipinski definition) is 10. The summed E-state index contributed by atoms with van der Waals surface area (Å²) >= 11 is 0. The number of rotatable bonds is 7. The van der Waals surface area contributed by atoms with Crippen LogP contribution >= 0.6 is 0 Å². The van der Waals surface area contributed by atoms with Crippen LogP contribution in [0, 0.1) is 25.2 Å². The summed E-state index contributed by atoms with van der Waals surface area (Å²) in [6, 6.07) is 8.64. The molecule has 0 spiro atoms. The van der Waals surface area contributed by atoms with Crippen molar-refractivity contribution in [2.45, 2.75) is 63.5 Å². The van der Waals surface area contributed by atoms with Gasteiger partial charge in [-0.05, 0) is 45.9 Å². The Balaban J connectivity index is 1.55. The van der Waals surface area contributed by atoms with Gasteiger partial charge >= 0.3 is 6.03 Å². The average Bonchev–Trinajstić information content (AvgIpc) is 3.05. The monoisotopic (exact) mass is 643 g/mol. The Kier molecular flexibility index (Phi) is 8.57. The molecule has 2 amide bonds. The number of aromatic hydroxyl groups is 2. The number of benzene rings is 3. The molecule has 3 aliphatic rings. The number of nitriles is 1. The van der Waals surface area contributed by atoms with Crippen LogP contribution in [0.15, 0.2) is 30.3 Å². The maximum absolute atomic E-state index is 13.2. The number of aliphatic hydroxyl groups is 1. The average molecular weight is 644 g/mol. The maximum Gasteiger partial charge on any atom is 0.319 e. The fourth-order valence-corrected chi connectivity index (χ4v) is 8.32. The molecule has 248 valence electrons. The summed E-state index contributed by atoms with van der Waals surface area (Å²) in [6.07, 6.45) is 0.764. The maximum atomic E-state index is 13.2. The molecule has 0 saturated carbocycles. The lowest BCUT2D eigenvalue weighted by Gasteiger charge is -2.60. The molecular formula is C35H41N5O7. The number of ether oxygens (including phenoxy) is 3. The van der Waals surface area contributed by atoms with E-state index in [1.54, 1.807) is 33.3 Å². The number of nitrogens with zero attached hydrogens (tertiary/aromatic N) is 3. The number of hydrogen-bond donors (Lipinski definition) is 5. The molecule has 2 bridgehead atoms. The molecule has 3 aromatic rings. The van der Waals surface area contributed by atoms with E-state index in [0.717, 1.165) is 11.1 Å². The molecule has 6 rings (SSSR count). The molecule has 12 heteroatoms. The van der Waals surface area contributed by atoms with Crippen molar-refractivity contribution in [3.8, 4) is 34.8 Å². The third-order valence-electron chi connectivity index (χ3n) is 10.3. The third-order valence-corrected chi connectivity index (χ3v) is 10.3. The number of urea groups is 1. The molecule has 5 atom stereocenters. The van der Waals surface area contributed by atoms with E-state index >= 15 is 0 Å². The number of methoxy groups -OCH3 is 3. The van der Waals surface area contributed by atoms with E-state index < -0.39 is 36.8 Å². The topological polar surface area (TPSA) is 160 Å². The van der Waals surface area contributed by atoms with Gasteiger partial charge in [0.15, 0.2) is 11.5 Å². The van der Waals surface area contributed by atoms with Crippen LogP contribution in [-0.4, -0.2) is 84.2 Å². The van der Waals surface area contributed by atoms with Crippen LogP contribution in [0.1, 0.15) is 51.0 Å². The molecule has 1 saturated heterocycles. The predicted molar refractivity (Wildman–Crippen MR) is 174 cm³/mol. The first-order valence-electron chi connectivity index (χ1n) is 15.6. The second-order valence-corrected chi connectivity index (χ2v) is 12.4. The van der Waals surface area contributed by atoms with Crippen molar-refractivity contribution in [1.29, 1.82) is 5.26 Å². The lowest BCUT2D eigenvalue weighted by Crippen LogP contribution is -2.68. The molecule has 0 unspecified atom stereocenters. The van der Waals surface area contributed by atoms with Crippen LogP contribution in [0.4, 0.5) is 10.5 Å². The summed E-state index contributed by atoms with van der Waals surface area (Å²) in [5.41, 5.74) is 4.95. The Morgan fingerprint density at radius 2 is 1.55 bits per heavy atom. The van der Waals surface area contributed by atoms with Gasteiger partial charge in [0.1, 0.15) is 23.3 Å². The Morgan fingerprint density at radius 3 is 2.17 bits per heavy atom. The van der Waals surface area contributed by atoms with E-state index in [2.05, 4.69) is 26.5 Å². The van der Waals surface area contributed by atoms with Crippen molar-refractivity contribution in [2.24, 2.45) is 0 Å². The van der Waals surface area contributed by atoms with Crippen LogP contribution in [0.2, 0.25) is 0 Å². The number of fused-ring (bicyclic) bond motifs is 7. The van der Waals surface area contributed by atoms with E-state index in [4.69, 9.17) is 14.2 Å². The molecule has 0 aromatic heterocycles. The number of carbonyl (C=O) groups is 1. The Morgan fingerprint density at radius 1 is 0.936 bits per heavy atom. The Hall–Kier alpha value is -4.70. The third kappa shape index (κ3) is 4.88. The highest BCUT2D eigenvalue weighted by Crippen LogP contribution is 2.58. The van der Waals surface area contributed by atoms with Gasteiger partial charge in [0.2, 0.25) is 0 Å². The number of phenolic OH excluding ortho intramolecular Hbond substituents is 1. The molecular weight excluding hydrogens is 602 g/mol. The smallest absolute Gasteiger partial charge is 0.319 e. The van der Waals surface area contributed by atoms with Crippen LogP contribution < -0.4 is 24.8 Å². The van der Waals surface area contributed by atoms with E-state index in [-0.39, 0.29) is 24.1 Å². The fraction of sp³-hybridized carbons (Fsp3) is 0.429. The first-order chi connectivity index (χ1) is 22.6. The summed E-state index contributed by atoms with van der Waals surface area (Å²) in [5.74, 6) is 1.41. The van der Waals surface area contributed by atoms with E-state index in [1.807, 2.05) is 32.2 Å². The molecule has 3 heterocycles. The molecule has 3 aliphatic heterocycles. The SMILES string of the molecule is COc1c(C)c(OC)c2c(c1O)[C@@H]1[C@@H]3Cc4c(OC)c(C)c(CO)c(O)c4[C@H](CNC(=O)Nc4ccccc4)N3[C@@H](C#N)[C@H](C2)N1C. The van der Waals surface area contributed by atoms with Crippen molar-refractivity contribution in [3.63, 3.8) is 0 Å². The van der Waals surface area contributed by atoms with Gasteiger partial charge in [-0.3, -0.25) is 9.80 Å². The van der Waals surface area contributed by atoms with Crippen molar-refractivity contribution in [1.82, 2.24) is 15.1 Å². The number of nitrogens with one attached hydrogen (secondary N) is 2. The second-order valence-electron chi connectivity index (χ2n) is 12.4. The molecule has 0 radical (unpaired) electrons. The lowest BCUT2D eigenvalue weighted by atomic mass is 9.71. The molecule has 0 aliphatic carbocycles. The number of amides is 2. The van der Waals surface area contributed by atoms with Gasteiger partial charge in [0.25, 0.3) is 0 Å². The Bertz CT molecular complexity index is 1760. The summed E-state index contributed by atoms with van der Waals surface area (Å²) < 4.78 is 17.5. The minimum absolute atomic E-state index is 0.0239. The van der Waals surface area contributed by atoms with Gasteiger partial charge in [-0.1, -0.05) is 18.2 Å². The van der Waals surface area contributed by atoms with Gasteiger partial charge in [-0.15, -0.1) is 0 Å². The minimum atomic E-state index is -0.689.